The molecule has 1 fully saturated rings. The average Bonchev–Trinajstić information content (AvgIpc) is 2.92. The Labute approximate surface area is 113 Å². The van der Waals surface area contributed by atoms with E-state index in [0.29, 0.717) is 24.9 Å². The molecule has 1 aliphatic rings. The molecule has 0 aromatic carbocycles. The maximum absolute atomic E-state index is 11.7. The molecule has 5 heteroatoms. The molecule has 19 heavy (non-hydrogen) atoms. The Morgan fingerprint density at radius 1 is 1.42 bits per heavy atom. The standard InChI is InChI=1S/C14H20N2O3/c17-11-6-7-13(16-10-11)14(18)15-8-3-9-19-12-4-1-2-5-12/h6-7,10,12,17H,1-5,8-9H2,(H,15,18). The van der Waals surface area contributed by atoms with Gasteiger partial charge in [0.2, 0.25) is 0 Å². The van der Waals surface area contributed by atoms with Gasteiger partial charge in [0.15, 0.2) is 0 Å². The Hall–Kier alpha value is -1.62. The molecule has 1 aliphatic carbocycles. The van der Waals surface area contributed by atoms with E-state index in [2.05, 4.69) is 10.3 Å². The van der Waals surface area contributed by atoms with Crippen molar-refractivity contribution >= 4 is 5.91 Å². The largest absolute Gasteiger partial charge is 0.506 e. The second-order valence-electron chi connectivity index (χ2n) is 4.79. The van der Waals surface area contributed by atoms with Crippen LogP contribution in [-0.2, 0) is 4.74 Å². The third kappa shape index (κ3) is 4.52. The molecule has 104 valence electrons. The highest BCUT2D eigenvalue weighted by Crippen LogP contribution is 2.20. The molecular weight excluding hydrogens is 244 g/mol. The number of nitrogens with one attached hydrogen (secondary N) is 1. The molecule has 5 nitrogen and oxygen atoms in total. The van der Waals surface area contributed by atoms with E-state index in [1.807, 2.05) is 0 Å². The van der Waals surface area contributed by atoms with E-state index in [9.17, 15) is 4.79 Å². The van der Waals surface area contributed by atoms with E-state index in [1.165, 1.54) is 44.0 Å². The molecule has 0 spiro atoms. The van der Waals surface area contributed by atoms with Crippen LogP contribution in [0.15, 0.2) is 18.3 Å². The fourth-order valence-corrected chi connectivity index (χ4v) is 2.19. The van der Waals surface area contributed by atoms with E-state index >= 15 is 0 Å². The first kappa shape index (κ1) is 13.8. The molecule has 1 aromatic heterocycles. The summed E-state index contributed by atoms with van der Waals surface area (Å²) in [6.45, 7) is 1.27. The van der Waals surface area contributed by atoms with Gasteiger partial charge in [0, 0.05) is 13.2 Å². The van der Waals surface area contributed by atoms with Gasteiger partial charge >= 0.3 is 0 Å². The summed E-state index contributed by atoms with van der Waals surface area (Å²) >= 11 is 0. The van der Waals surface area contributed by atoms with E-state index in [0.717, 1.165) is 6.42 Å². The van der Waals surface area contributed by atoms with Crippen LogP contribution < -0.4 is 5.32 Å². The van der Waals surface area contributed by atoms with Gasteiger partial charge in [0.05, 0.1) is 12.3 Å². The molecule has 0 radical (unpaired) electrons. The molecule has 0 atom stereocenters. The van der Waals surface area contributed by atoms with Crippen LogP contribution in [0.25, 0.3) is 0 Å². The zero-order valence-corrected chi connectivity index (χ0v) is 11.0. The van der Waals surface area contributed by atoms with Gasteiger partial charge in [-0.05, 0) is 31.4 Å². The van der Waals surface area contributed by atoms with Crippen LogP contribution in [0.2, 0.25) is 0 Å². The van der Waals surface area contributed by atoms with Crippen molar-refractivity contribution < 1.29 is 14.6 Å². The van der Waals surface area contributed by atoms with Crippen LogP contribution in [0.3, 0.4) is 0 Å². The summed E-state index contributed by atoms with van der Waals surface area (Å²) in [5, 5.41) is 11.9. The molecule has 2 N–H and O–H groups in total. The summed E-state index contributed by atoms with van der Waals surface area (Å²) in [5.74, 6) is -0.164. The van der Waals surface area contributed by atoms with Crippen molar-refractivity contribution in [1.82, 2.24) is 10.3 Å². The summed E-state index contributed by atoms with van der Waals surface area (Å²) in [4.78, 5) is 15.5. The van der Waals surface area contributed by atoms with Gasteiger partial charge in [-0.3, -0.25) is 4.79 Å². The number of aromatic hydroxyl groups is 1. The highest BCUT2D eigenvalue weighted by Gasteiger charge is 2.14. The lowest BCUT2D eigenvalue weighted by Gasteiger charge is -2.11. The molecular formula is C14H20N2O3. The highest BCUT2D eigenvalue weighted by atomic mass is 16.5. The molecule has 0 aliphatic heterocycles. The minimum atomic E-state index is -0.221. The topological polar surface area (TPSA) is 71.5 Å². The lowest BCUT2D eigenvalue weighted by Crippen LogP contribution is -2.26. The van der Waals surface area contributed by atoms with Gasteiger partial charge in [-0.15, -0.1) is 0 Å². The maximum Gasteiger partial charge on any atom is 0.269 e. The van der Waals surface area contributed by atoms with Crippen LogP contribution in [0.1, 0.15) is 42.6 Å². The van der Waals surface area contributed by atoms with Crippen LogP contribution in [0.4, 0.5) is 0 Å². The normalized spacial score (nSPS) is 15.6. The van der Waals surface area contributed by atoms with Crippen molar-refractivity contribution in [2.75, 3.05) is 13.2 Å². The maximum atomic E-state index is 11.7. The lowest BCUT2D eigenvalue weighted by atomic mass is 10.3. The number of rotatable bonds is 6. The summed E-state index contributed by atoms with van der Waals surface area (Å²) in [5.41, 5.74) is 0.314. The second-order valence-corrected chi connectivity index (χ2v) is 4.79. The second kappa shape index (κ2) is 7.09. The minimum Gasteiger partial charge on any atom is -0.506 e. The van der Waals surface area contributed by atoms with Gasteiger partial charge < -0.3 is 15.2 Å². The van der Waals surface area contributed by atoms with Gasteiger partial charge in [0.25, 0.3) is 5.91 Å². The number of hydrogen-bond acceptors (Lipinski definition) is 4. The third-order valence-corrected chi connectivity index (χ3v) is 3.24. The minimum absolute atomic E-state index is 0.0570. The number of carbonyl (C=O) groups is 1. The Morgan fingerprint density at radius 2 is 2.21 bits per heavy atom. The smallest absolute Gasteiger partial charge is 0.269 e. The number of pyridine rings is 1. The van der Waals surface area contributed by atoms with Crippen LogP contribution in [0.5, 0.6) is 5.75 Å². The highest BCUT2D eigenvalue weighted by molar-refractivity contribution is 5.92. The zero-order valence-electron chi connectivity index (χ0n) is 11.0. The Kier molecular flexibility index (Phi) is 5.15. The predicted octanol–water partition coefficient (Wildman–Crippen LogP) is 1.87. The fourth-order valence-electron chi connectivity index (χ4n) is 2.19. The number of nitrogens with zero attached hydrogens (tertiary/aromatic N) is 1. The Bertz CT molecular complexity index is 400. The monoisotopic (exact) mass is 264 g/mol. The third-order valence-electron chi connectivity index (χ3n) is 3.24. The SMILES string of the molecule is O=C(NCCCOC1CCCC1)c1ccc(O)cn1. The first-order chi connectivity index (χ1) is 9.25. The quantitative estimate of drug-likeness (QED) is 0.769. The molecule has 0 saturated heterocycles. The van der Waals surface area contributed by atoms with Gasteiger partial charge in [0.1, 0.15) is 11.4 Å². The molecule has 1 heterocycles. The van der Waals surface area contributed by atoms with Crippen LogP contribution in [0, 0.1) is 0 Å². The number of amides is 1. The summed E-state index contributed by atoms with van der Waals surface area (Å²) in [7, 11) is 0. The molecule has 0 unspecified atom stereocenters. The predicted molar refractivity (Wildman–Crippen MR) is 71.1 cm³/mol. The fraction of sp³-hybridized carbons (Fsp3) is 0.571. The van der Waals surface area contributed by atoms with Crippen molar-refractivity contribution in [3.63, 3.8) is 0 Å². The molecule has 1 aromatic rings. The molecule has 1 amide bonds. The van der Waals surface area contributed by atoms with Crippen molar-refractivity contribution in [2.24, 2.45) is 0 Å². The summed E-state index contributed by atoms with van der Waals surface area (Å²) < 4.78 is 5.71. The number of carbonyl (C=O) groups excluding carboxylic acids is 1. The van der Waals surface area contributed by atoms with Gasteiger partial charge in [-0.2, -0.15) is 0 Å². The lowest BCUT2D eigenvalue weighted by molar-refractivity contribution is 0.0565. The summed E-state index contributed by atoms with van der Waals surface area (Å²) in [6.07, 6.45) is 7.38. The van der Waals surface area contributed by atoms with Crippen molar-refractivity contribution in [3.05, 3.63) is 24.0 Å². The first-order valence-electron chi connectivity index (χ1n) is 6.80. The molecule has 0 bridgehead atoms. The zero-order chi connectivity index (χ0) is 13.5. The van der Waals surface area contributed by atoms with Crippen molar-refractivity contribution in [3.8, 4) is 5.75 Å². The van der Waals surface area contributed by atoms with Gasteiger partial charge in [-0.1, -0.05) is 12.8 Å². The van der Waals surface area contributed by atoms with E-state index < -0.39 is 0 Å². The summed E-state index contributed by atoms with van der Waals surface area (Å²) in [6, 6.07) is 2.95. The Morgan fingerprint density at radius 3 is 2.89 bits per heavy atom. The van der Waals surface area contributed by atoms with E-state index in [-0.39, 0.29) is 11.7 Å². The van der Waals surface area contributed by atoms with Gasteiger partial charge in [-0.25, -0.2) is 4.98 Å². The van der Waals surface area contributed by atoms with Crippen molar-refractivity contribution in [2.45, 2.75) is 38.2 Å². The molecule has 2 rings (SSSR count). The van der Waals surface area contributed by atoms with E-state index in [1.54, 1.807) is 0 Å². The van der Waals surface area contributed by atoms with Crippen molar-refractivity contribution in [1.29, 1.82) is 0 Å². The van der Waals surface area contributed by atoms with Crippen LogP contribution >= 0.6 is 0 Å². The number of ether oxygens (including phenoxy) is 1. The Balaban J connectivity index is 1.59. The van der Waals surface area contributed by atoms with E-state index in [4.69, 9.17) is 9.84 Å². The van der Waals surface area contributed by atoms with Crippen LogP contribution in [-0.4, -0.2) is 35.3 Å². The average molecular weight is 264 g/mol. The number of aromatic nitrogens is 1. The number of hydrogen-bond donors (Lipinski definition) is 2. The molecule has 1 saturated carbocycles. The first-order valence-corrected chi connectivity index (χ1v) is 6.80.